The normalized spacial score (nSPS) is 16.4. The summed E-state index contributed by atoms with van der Waals surface area (Å²) in [5.74, 6) is -0.0816. The third-order valence-corrected chi connectivity index (χ3v) is 3.33. The number of rotatable bonds is 5. The number of nitrogens with zero attached hydrogens (tertiary/aromatic N) is 2. The van der Waals surface area contributed by atoms with Crippen LogP contribution in [-0.2, 0) is 6.54 Å². The Hall–Kier alpha value is -1.60. The zero-order valence-electron chi connectivity index (χ0n) is 10.7. The lowest BCUT2D eigenvalue weighted by Crippen LogP contribution is -2.25. The average Bonchev–Trinajstić information content (AvgIpc) is 3.09. The molecule has 0 N–H and O–H groups in total. The Balaban J connectivity index is 1.97. The lowest BCUT2D eigenvalue weighted by Gasteiger charge is -2.19. The number of hydrogen-bond donors (Lipinski definition) is 0. The summed E-state index contributed by atoms with van der Waals surface area (Å²) in [5, 5.41) is 9.03. The number of halogens is 1. The first-order valence-corrected chi connectivity index (χ1v) is 6.01. The van der Waals surface area contributed by atoms with Crippen molar-refractivity contribution in [2.45, 2.75) is 19.4 Å². The highest BCUT2D eigenvalue weighted by Crippen LogP contribution is 2.45. The van der Waals surface area contributed by atoms with Crippen LogP contribution in [0.25, 0.3) is 0 Å². The summed E-state index contributed by atoms with van der Waals surface area (Å²) in [6.07, 6.45) is 1.95. The standard InChI is InChI=1S/C14H17FN2O/c1-17(10-14(9-16)5-6-14)8-11-3-4-13(18-2)12(15)7-11/h3-4,7H,5-6,8,10H2,1-2H3. The molecule has 4 heteroatoms. The summed E-state index contributed by atoms with van der Waals surface area (Å²) in [6.45, 7) is 1.39. The molecule has 0 aromatic heterocycles. The first kappa shape index (κ1) is 12.8. The van der Waals surface area contributed by atoms with Gasteiger partial charge in [0.1, 0.15) is 0 Å². The van der Waals surface area contributed by atoms with Crippen LogP contribution in [0.15, 0.2) is 18.2 Å². The topological polar surface area (TPSA) is 36.3 Å². The van der Waals surface area contributed by atoms with Crippen molar-refractivity contribution >= 4 is 0 Å². The molecule has 0 amide bonds. The highest BCUT2D eigenvalue weighted by molar-refractivity contribution is 5.29. The van der Waals surface area contributed by atoms with E-state index in [-0.39, 0.29) is 17.0 Å². The Labute approximate surface area is 107 Å². The molecule has 96 valence electrons. The van der Waals surface area contributed by atoms with Crippen LogP contribution in [0.5, 0.6) is 5.75 Å². The largest absolute Gasteiger partial charge is 0.494 e. The van der Waals surface area contributed by atoms with Gasteiger partial charge in [0.15, 0.2) is 11.6 Å². The highest BCUT2D eigenvalue weighted by atomic mass is 19.1. The molecule has 1 aliphatic rings. The predicted molar refractivity (Wildman–Crippen MR) is 66.6 cm³/mol. The second-order valence-electron chi connectivity index (χ2n) is 5.03. The van der Waals surface area contributed by atoms with Crippen LogP contribution in [0.2, 0.25) is 0 Å². The molecule has 3 nitrogen and oxygen atoms in total. The number of ether oxygens (including phenoxy) is 1. The zero-order chi connectivity index (χ0) is 13.2. The highest BCUT2D eigenvalue weighted by Gasteiger charge is 2.43. The molecule has 1 aromatic carbocycles. The zero-order valence-corrected chi connectivity index (χ0v) is 10.7. The van der Waals surface area contributed by atoms with Crippen LogP contribution >= 0.6 is 0 Å². The molecule has 0 unspecified atom stereocenters. The van der Waals surface area contributed by atoms with E-state index in [0.29, 0.717) is 6.54 Å². The van der Waals surface area contributed by atoms with Crippen LogP contribution in [0.4, 0.5) is 4.39 Å². The minimum Gasteiger partial charge on any atom is -0.494 e. The van der Waals surface area contributed by atoms with Gasteiger partial charge >= 0.3 is 0 Å². The van der Waals surface area contributed by atoms with Gasteiger partial charge in [-0.05, 0) is 37.6 Å². The lowest BCUT2D eigenvalue weighted by molar-refractivity contribution is 0.286. The van der Waals surface area contributed by atoms with E-state index in [9.17, 15) is 4.39 Å². The number of methoxy groups -OCH3 is 1. The molecular formula is C14H17FN2O. The molecule has 18 heavy (non-hydrogen) atoms. The van der Waals surface area contributed by atoms with Crippen molar-refractivity contribution in [2.75, 3.05) is 20.7 Å². The maximum Gasteiger partial charge on any atom is 0.165 e. The summed E-state index contributed by atoms with van der Waals surface area (Å²) in [6, 6.07) is 7.34. The summed E-state index contributed by atoms with van der Waals surface area (Å²) >= 11 is 0. The van der Waals surface area contributed by atoms with Gasteiger partial charge in [0, 0.05) is 13.1 Å². The third kappa shape index (κ3) is 2.80. The second-order valence-corrected chi connectivity index (χ2v) is 5.03. The van der Waals surface area contributed by atoms with E-state index in [1.165, 1.54) is 13.2 Å². The summed E-state index contributed by atoms with van der Waals surface area (Å²) < 4.78 is 18.4. The van der Waals surface area contributed by atoms with Crippen molar-refractivity contribution in [3.8, 4) is 11.8 Å². The SMILES string of the molecule is COc1ccc(CN(C)CC2(C#N)CC2)cc1F. The van der Waals surface area contributed by atoms with Crippen molar-refractivity contribution in [1.82, 2.24) is 4.90 Å². The van der Waals surface area contributed by atoms with Crippen molar-refractivity contribution < 1.29 is 9.13 Å². The average molecular weight is 248 g/mol. The van der Waals surface area contributed by atoms with Gasteiger partial charge in [-0.15, -0.1) is 0 Å². The monoisotopic (exact) mass is 248 g/mol. The van der Waals surface area contributed by atoms with E-state index in [1.54, 1.807) is 6.07 Å². The molecule has 0 spiro atoms. The fraction of sp³-hybridized carbons (Fsp3) is 0.500. The smallest absolute Gasteiger partial charge is 0.165 e. The number of nitriles is 1. The Kier molecular flexibility index (Phi) is 3.53. The Morgan fingerprint density at radius 2 is 2.22 bits per heavy atom. The molecule has 1 fully saturated rings. The fourth-order valence-electron chi connectivity index (χ4n) is 2.15. The summed E-state index contributed by atoms with van der Waals surface area (Å²) in [5.41, 5.74) is 0.740. The molecule has 2 rings (SSSR count). The first-order chi connectivity index (χ1) is 8.58. The summed E-state index contributed by atoms with van der Waals surface area (Å²) in [4.78, 5) is 2.07. The van der Waals surface area contributed by atoms with Crippen LogP contribution in [0, 0.1) is 22.6 Å². The van der Waals surface area contributed by atoms with Gasteiger partial charge in [-0.3, -0.25) is 0 Å². The lowest BCUT2D eigenvalue weighted by atomic mass is 10.1. The molecule has 0 aliphatic heterocycles. The second kappa shape index (κ2) is 4.95. The van der Waals surface area contributed by atoms with Crippen molar-refractivity contribution in [1.29, 1.82) is 5.26 Å². The van der Waals surface area contributed by atoms with E-state index in [2.05, 4.69) is 11.0 Å². The van der Waals surface area contributed by atoms with E-state index < -0.39 is 0 Å². The van der Waals surface area contributed by atoms with Crippen LogP contribution in [0.3, 0.4) is 0 Å². The van der Waals surface area contributed by atoms with E-state index >= 15 is 0 Å². The van der Waals surface area contributed by atoms with Gasteiger partial charge in [0.25, 0.3) is 0 Å². The van der Waals surface area contributed by atoms with Crippen LogP contribution in [-0.4, -0.2) is 25.6 Å². The molecule has 0 heterocycles. The van der Waals surface area contributed by atoms with Gasteiger partial charge in [-0.2, -0.15) is 5.26 Å². The van der Waals surface area contributed by atoms with Crippen molar-refractivity contribution in [3.63, 3.8) is 0 Å². The number of benzene rings is 1. The maximum atomic E-state index is 13.5. The molecule has 0 atom stereocenters. The van der Waals surface area contributed by atoms with Gasteiger partial charge in [-0.25, -0.2) is 4.39 Å². The Bertz CT molecular complexity index is 477. The molecule has 1 aliphatic carbocycles. The van der Waals surface area contributed by atoms with Crippen molar-refractivity contribution in [2.24, 2.45) is 5.41 Å². The summed E-state index contributed by atoms with van der Waals surface area (Å²) in [7, 11) is 3.41. The predicted octanol–water partition coefficient (Wildman–Crippen LogP) is 2.57. The van der Waals surface area contributed by atoms with Crippen LogP contribution < -0.4 is 4.74 Å². The molecule has 0 saturated heterocycles. The quantitative estimate of drug-likeness (QED) is 0.803. The first-order valence-electron chi connectivity index (χ1n) is 6.01. The van der Waals surface area contributed by atoms with Crippen LogP contribution in [0.1, 0.15) is 18.4 Å². The Morgan fingerprint density at radius 3 is 2.72 bits per heavy atom. The molecular weight excluding hydrogens is 231 g/mol. The van der Waals surface area contributed by atoms with Gasteiger partial charge in [0.05, 0.1) is 18.6 Å². The maximum absolute atomic E-state index is 13.5. The van der Waals surface area contributed by atoms with Crippen molar-refractivity contribution in [3.05, 3.63) is 29.6 Å². The fourth-order valence-corrected chi connectivity index (χ4v) is 2.15. The minimum absolute atomic E-state index is 0.153. The minimum atomic E-state index is -0.343. The molecule has 1 aromatic rings. The molecule has 0 bridgehead atoms. The van der Waals surface area contributed by atoms with E-state index in [4.69, 9.17) is 10.00 Å². The molecule has 0 radical (unpaired) electrons. The number of hydrogen-bond acceptors (Lipinski definition) is 3. The van der Waals surface area contributed by atoms with E-state index in [1.807, 2.05) is 13.1 Å². The van der Waals surface area contributed by atoms with Gasteiger partial charge in [-0.1, -0.05) is 6.07 Å². The van der Waals surface area contributed by atoms with Gasteiger partial charge < -0.3 is 9.64 Å². The van der Waals surface area contributed by atoms with Gasteiger partial charge in [0.2, 0.25) is 0 Å². The third-order valence-electron chi connectivity index (χ3n) is 3.33. The molecule has 1 saturated carbocycles. The van der Waals surface area contributed by atoms with E-state index in [0.717, 1.165) is 24.9 Å². The Morgan fingerprint density at radius 1 is 1.50 bits per heavy atom.